The summed E-state index contributed by atoms with van der Waals surface area (Å²) in [6.07, 6.45) is 7.02. The van der Waals surface area contributed by atoms with Crippen LogP contribution >= 0.6 is 0 Å². The summed E-state index contributed by atoms with van der Waals surface area (Å²) in [4.78, 5) is 24.4. The number of fused-ring (bicyclic) bond motifs is 1. The number of carbonyl (C=O) groups excluding carboxylic acids is 1. The number of benzene rings is 1. The fraction of sp³-hybridized carbons (Fsp3) is 0.320. The van der Waals surface area contributed by atoms with E-state index in [1.54, 1.807) is 12.5 Å². The maximum Gasteiger partial charge on any atom is 0.226 e. The minimum atomic E-state index is 0.181. The summed E-state index contributed by atoms with van der Waals surface area (Å²) in [5, 5.41) is 0. The molecule has 158 valence electrons. The van der Waals surface area contributed by atoms with Gasteiger partial charge in [-0.05, 0) is 60.7 Å². The molecule has 0 radical (unpaired) electrons. The Hall–Kier alpha value is -3.41. The lowest BCUT2D eigenvalue weighted by Gasteiger charge is -2.31. The molecule has 0 aliphatic carbocycles. The molecule has 1 aliphatic rings. The van der Waals surface area contributed by atoms with Gasteiger partial charge in [-0.2, -0.15) is 0 Å². The average Bonchev–Trinajstić information content (AvgIpc) is 3.52. The topological polar surface area (TPSA) is 72.4 Å². The van der Waals surface area contributed by atoms with Crippen molar-refractivity contribution in [3.05, 3.63) is 60.6 Å². The Morgan fingerprint density at radius 1 is 0.968 bits per heavy atom. The van der Waals surface area contributed by atoms with Gasteiger partial charge in [0, 0.05) is 13.1 Å². The van der Waals surface area contributed by atoms with Crippen molar-refractivity contribution in [3.63, 3.8) is 0 Å². The maximum absolute atomic E-state index is 12.8. The molecule has 0 atom stereocenters. The third-order valence-corrected chi connectivity index (χ3v) is 6.14. The molecular formula is C25H25N3O3. The predicted molar refractivity (Wildman–Crippen MR) is 118 cm³/mol. The third kappa shape index (κ3) is 3.98. The Labute approximate surface area is 180 Å². The molecule has 4 heterocycles. The van der Waals surface area contributed by atoms with Gasteiger partial charge in [-0.25, -0.2) is 9.97 Å². The van der Waals surface area contributed by atoms with E-state index in [1.807, 2.05) is 47.4 Å². The first-order valence-corrected chi connectivity index (χ1v) is 10.9. The molecule has 0 N–H and O–H groups in total. The number of rotatable bonds is 5. The molecule has 4 aromatic rings. The molecule has 0 unspecified atom stereocenters. The second-order valence-corrected chi connectivity index (χ2v) is 8.11. The van der Waals surface area contributed by atoms with Crippen molar-refractivity contribution >= 4 is 16.9 Å². The number of nitrogens with zero attached hydrogens (tertiary/aromatic N) is 3. The lowest BCUT2D eigenvalue weighted by Crippen LogP contribution is -2.39. The lowest BCUT2D eigenvalue weighted by atomic mass is 9.94. The number of likely N-dealkylation sites (tertiary alicyclic amines) is 1. The minimum absolute atomic E-state index is 0.181. The number of carbonyl (C=O) groups is 1. The van der Waals surface area contributed by atoms with Gasteiger partial charge in [0.05, 0.1) is 30.0 Å². The van der Waals surface area contributed by atoms with Crippen LogP contribution in [0.3, 0.4) is 0 Å². The summed E-state index contributed by atoms with van der Waals surface area (Å²) in [7, 11) is 0. The molecule has 6 nitrogen and oxygen atoms in total. The summed E-state index contributed by atoms with van der Waals surface area (Å²) in [5.41, 5.74) is 3.69. The van der Waals surface area contributed by atoms with Gasteiger partial charge in [-0.1, -0.05) is 19.4 Å². The van der Waals surface area contributed by atoms with E-state index in [9.17, 15) is 4.79 Å². The van der Waals surface area contributed by atoms with E-state index in [0.717, 1.165) is 48.4 Å². The molecule has 1 fully saturated rings. The number of aromatic nitrogens is 2. The van der Waals surface area contributed by atoms with Crippen LogP contribution in [0.5, 0.6) is 0 Å². The SMILES string of the molecule is CCC1CCN(C(=O)Cc2ccc3nc(-c4ccco4)c(-c4ccco4)nc3c2)CC1. The summed E-state index contributed by atoms with van der Waals surface area (Å²) in [5.74, 6) is 2.19. The molecule has 6 heteroatoms. The van der Waals surface area contributed by atoms with Gasteiger partial charge in [0.15, 0.2) is 11.5 Å². The van der Waals surface area contributed by atoms with E-state index in [1.165, 1.54) is 6.42 Å². The van der Waals surface area contributed by atoms with Crippen LogP contribution in [0, 0.1) is 5.92 Å². The van der Waals surface area contributed by atoms with Crippen LogP contribution in [-0.4, -0.2) is 33.9 Å². The van der Waals surface area contributed by atoms with Crippen molar-refractivity contribution in [2.75, 3.05) is 13.1 Å². The fourth-order valence-corrected chi connectivity index (χ4v) is 4.26. The van der Waals surface area contributed by atoms with Gasteiger partial charge in [-0.15, -0.1) is 0 Å². The maximum atomic E-state index is 12.8. The van der Waals surface area contributed by atoms with Gasteiger partial charge in [0.1, 0.15) is 11.4 Å². The first kappa shape index (κ1) is 19.5. The number of hydrogen-bond donors (Lipinski definition) is 0. The second-order valence-electron chi connectivity index (χ2n) is 8.11. The highest BCUT2D eigenvalue weighted by Crippen LogP contribution is 2.31. The van der Waals surface area contributed by atoms with Crippen LogP contribution in [0.1, 0.15) is 31.7 Å². The van der Waals surface area contributed by atoms with Crippen LogP contribution in [0.2, 0.25) is 0 Å². The predicted octanol–water partition coefficient (Wildman–Crippen LogP) is 5.34. The van der Waals surface area contributed by atoms with Crippen LogP contribution in [0.4, 0.5) is 0 Å². The van der Waals surface area contributed by atoms with E-state index < -0.39 is 0 Å². The Balaban J connectivity index is 1.44. The molecule has 1 aromatic carbocycles. The zero-order valence-corrected chi connectivity index (χ0v) is 17.6. The first-order chi connectivity index (χ1) is 15.2. The van der Waals surface area contributed by atoms with Crippen LogP contribution in [-0.2, 0) is 11.2 Å². The van der Waals surface area contributed by atoms with Crippen LogP contribution in [0.25, 0.3) is 33.9 Å². The van der Waals surface area contributed by atoms with Gasteiger partial charge < -0.3 is 13.7 Å². The van der Waals surface area contributed by atoms with Gasteiger partial charge in [0.25, 0.3) is 0 Å². The van der Waals surface area contributed by atoms with Crippen molar-refractivity contribution in [1.82, 2.24) is 14.9 Å². The van der Waals surface area contributed by atoms with E-state index in [-0.39, 0.29) is 5.91 Å². The number of hydrogen-bond acceptors (Lipinski definition) is 5. The Kier molecular flexibility index (Phi) is 5.28. The smallest absolute Gasteiger partial charge is 0.226 e. The van der Waals surface area contributed by atoms with Gasteiger partial charge >= 0.3 is 0 Å². The van der Waals surface area contributed by atoms with Crippen molar-refractivity contribution in [3.8, 4) is 22.9 Å². The van der Waals surface area contributed by atoms with E-state index in [4.69, 9.17) is 18.8 Å². The summed E-state index contributed by atoms with van der Waals surface area (Å²) < 4.78 is 11.2. The van der Waals surface area contributed by atoms with Crippen molar-refractivity contribution in [2.24, 2.45) is 5.92 Å². The lowest BCUT2D eigenvalue weighted by molar-refractivity contribution is -0.131. The highest BCUT2D eigenvalue weighted by molar-refractivity contribution is 5.85. The second kappa shape index (κ2) is 8.38. The largest absolute Gasteiger partial charge is 0.463 e. The summed E-state index contributed by atoms with van der Waals surface area (Å²) in [6, 6.07) is 13.2. The normalized spacial score (nSPS) is 14.9. The summed E-state index contributed by atoms with van der Waals surface area (Å²) in [6.45, 7) is 3.95. The molecule has 0 bridgehead atoms. The zero-order valence-electron chi connectivity index (χ0n) is 17.6. The molecule has 1 aliphatic heterocycles. The van der Waals surface area contributed by atoms with E-state index in [2.05, 4.69) is 6.92 Å². The van der Waals surface area contributed by atoms with Gasteiger partial charge in [-0.3, -0.25) is 4.79 Å². The molecular weight excluding hydrogens is 390 g/mol. The Morgan fingerprint density at radius 2 is 1.61 bits per heavy atom. The Morgan fingerprint density at radius 3 is 2.19 bits per heavy atom. The standard InChI is InChI=1S/C25H25N3O3/c1-2-17-9-11-28(12-10-17)23(29)16-18-7-8-19-20(15-18)27-25(22-6-4-14-31-22)24(26-19)21-5-3-13-30-21/h3-8,13-15,17H,2,9-12,16H2,1H3. The Bertz CT molecular complexity index is 1170. The van der Waals surface area contributed by atoms with Crippen LogP contribution in [0.15, 0.2) is 63.8 Å². The highest BCUT2D eigenvalue weighted by atomic mass is 16.3. The fourth-order valence-electron chi connectivity index (χ4n) is 4.26. The molecule has 31 heavy (non-hydrogen) atoms. The summed E-state index contributed by atoms with van der Waals surface area (Å²) >= 11 is 0. The molecule has 3 aromatic heterocycles. The number of piperidine rings is 1. The zero-order chi connectivity index (χ0) is 21.2. The van der Waals surface area contributed by atoms with E-state index >= 15 is 0 Å². The first-order valence-electron chi connectivity index (χ1n) is 10.9. The van der Waals surface area contributed by atoms with Crippen molar-refractivity contribution < 1.29 is 13.6 Å². The quantitative estimate of drug-likeness (QED) is 0.440. The van der Waals surface area contributed by atoms with Gasteiger partial charge in [0.2, 0.25) is 5.91 Å². The molecule has 0 saturated carbocycles. The minimum Gasteiger partial charge on any atom is -0.463 e. The highest BCUT2D eigenvalue weighted by Gasteiger charge is 2.22. The number of amides is 1. The molecule has 5 rings (SSSR count). The molecule has 1 amide bonds. The average molecular weight is 415 g/mol. The monoisotopic (exact) mass is 415 g/mol. The number of furan rings is 2. The third-order valence-electron chi connectivity index (χ3n) is 6.14. The van der Waals surface area contributed by atoms with Crippen molar-refractivity contribution in [2.45, 2.75) is 32.6 Å². The molecule has 1 saturated heterocycles. The van der Waals surface area contributed by atoms with Crippen LogP contribution < -0.4 is 0 Å². The van der Waals surface area contributed by atoms with Crippen molar-refractivity contribution in [1.29, 1.82) is 0 Å². The molecule has 0 spiro atoms. The van der Waals surface area contributed by atoms with E-state index in [0.29, 0.717) is 29.3 Å².